The van der Waals surface area contributed by atoms with Crippen LogP contribution in [0.25, 0.3) is 0 Å². The molecule has 2 heterocycles. The predicted octanol–water partition coefficient (Wildman–Crippen LogP) is 3.30. The third-order valence-corrected chi connectivity index (χ3v) is 4.19. The zero-order valence-electron chi connectivity index (χ0n) is 11.2. The monoisotopic (exact) mass is 296 g/mol. The molecule has 2 rings (SSSR count). The maximum atomic E-state index is 6.18. The maximum absolute atomic E-state index is 6.18. The molecule has 0 amide bonds. The van der Waals surface area contributed by atoms with Gasteiger partial charge in [-0.15, -0.1) is 11.3 Å². The largest absolute Gasteiger partial charge is 0.357 e. The van der Waals surface area contributed by atoms with Gasteiger partial charge < -0.3 is 10.2 Å². The van der Waals surface area contributed by atoms with Crippen molar-refractivity contribution in [1.29, 1.82) is 0 Å². The molecule has 19 heavy (non-hydrogen) atoms. The topological polar surface area (TPSA) is 41.1 Å². The normalized spacial score (nSPS) is 12.2. The van der Waals surface area contributed by atoms with Crippen LogP contribution in [0.4, 0.5) is 11.8 Å². The Kier molecular flexibility index (Phi) is 4.61. The number of anilines is 2. The predicted molar refractivity (Wildman–Crippen MR) is 82.5 cm³/mol. The van der Waals surface area contributed by atoms with Gasteiger partial charge in [0.15, 0.2) is 5.82 Å². The van der Waals surface area contributed by atoms with Crippen molar-refractivity contribution in [2.45, 2.75) is 19.4 Å². The molecule has 1 N–H and O–H groups in total. The summed E-state index contributed by atoms with van der Waals surface area (Å²) in [5.74, 6) is 1.33. The van der Waals surface area contributed by atoms with Gasteiger partial charge in [0.25, 0.3) is 0 Å². The van der Waals surface area contributed by atoms with Crippen molar-refractivity contribution in [1.82, 2.24) is 9.97 Å². The van der Waals surface area contributed by atoms with E-state index in [1.54, 1.807) is 24.6 Å². The Balaban J connectivity index is 2.16. The molecule has 6 heteroatoms. The van der Waals surface area contributed by atoms with Crippen LogP contribution in [0.15, 0.2) is 23.7 Å². The van der Waals surface area contributed by atoms with Gasteiger partial charge in [0.1, 0.15) is 5.02 Å². The summed E-state index contributed by atoms with van der Waals surface area (Å²) < 4.78 is 0. The third-order valence-electron chi connectivity index (χ3n) is 3.02. The van der Waals surface area contributed by atoms with Gasteiger partial charge in [-0.25, -0.2) is 4.98 Å². The van der Waals surface area contributed by atoms with Crippen LogP contribution >= 0.6 is 22.9 Å². The van der Waals surface area contributed by atoms with Crippen molar-refractivity contribution in [3.05, 3.63) is 33.6 Å². The first-order chi connectivity index (χ1) is 9.11. The molecular weight excluding hydrogens is 280 g/mol. The number of halogens is 1. The Hall–Kier alpha value is -1.33. The van der Waals surface area contributed by atoms with E-state index in [2.05, 4.69) is 44.6 Å². The molecule has 0 aromatic carbocycles. The number of thiophene rings is 1. The Labute approximate surface area is 122 Å². The van der Waals surface area contributed by atoms with E-state index < -0.39 is 0 Å². The summed E-state index contributed by atoms with van der Waals surface area (Å²) in [5, 5.41) is 5.59. The minimum absolute atomic E-state index is 0.316. The van der Waals surface area contributed by atoms with Gasteiger partial charge in [-0.05, 0) is 18.4 Å². The standard InChI is InChI=1S/C13H17ClN4S/c1-9(7-10-5-4-6-19-10)18(3)12-11(14)8-16-13(15-2)17-12/h4-6,8-9H,7H2,1-3H3,(H,15,16,17). The van der Waals surface area contributed by atoms with Crippen molar-refractivity contribution in [2.24, 2.45) is 0 Å². The number of aromatic nitrogens is 2. The summed E-state index contributed by atoms with van der Waals surface area (Å²) >= 11 is 7.95. The first-order valence-corrected chi connectivity index (χ1v) is 7.33. The highest BCUT2D eigenvalue weighted by Gasteiger charge is 2.16. The van der Waals surface area contributed by atoms with Crippen LogP contribution < -0.4 is 10.2 Å². The van der Waals surface area contributed by atoms with E-state index in [-0.39, 0.29) is 0 Å². The van der Waals surface area contributed by atoms with Crippen molar-refractivity contribution >= 4 is 34.7 Å². The average Bonchev–Trinajstić information content (AvgIpc) is 2.91. The van der Waals surface area contributed by atoms with Crippen molar-refractivity contribution in [2.75, 3.05) is 24.3 Å². The first-order valence-electron chi connectivity index (χ1n) is 6.07. The van der Waals surface area contributed by atoms with Gasteiger partial charge in [0, 0.05) is 31.4 Å². The molecule has 2 aromatic heterocycles. The Bertz CT molecular complexity index is 529. The lowest BCUT2D eigenvalue weighted by atomic mass is 10.2. The average molecular weight is 297 g/mol. The van der Waals surface area contributed by atoms with E-state index in [0.29, 0.717) is 17.0 Å². The van der Waals surface area contributed by atoms with Gasteiger partial charge in [-0.1, -0.05) is 17.7 Å². The molecule has 0 aliphatic rings. The van der Waals surface area contributed by atoms with E-state index in [0.717, 1.165) is 12.2 Å². The van der Waals surface area contributed by atoms with Crippen LogP contribution in [-0.2, 0) is 6.42 Å². The molecule has 4 nitrogen and oxygen atoms in total. The smallest absolute Gasteiger partial charge is 0.224 e. The first kappa shape index (κ1) is 14.1. The van der Waals surface area contributed by atoms with Gasteiger partial charge >= 0.3 is 0 Å². The number of hydrogen-bond acceptors (Lipinski definition) is 5. The second-order valence-corrected chi connectivity index (χ2v) is 5.80. The van der Waals surface area contributed by atoms with Gasteiger partial charge in [-0.3, -0.25) is 0 Å². The Morgan fingerprint density at radius 1 is 1.53 bits per heavy atom. The second-order valence-electron chi connectivity index (χ2n) is 4.36. The zero-order chi connectivity index (χ0) is 13.8. The van der Waals surface area contributed by atoms with Crippen LogP contribution in [0.1, 0.15) is 11.8 Å². The van der Waals surface area contributed by atoms with Gasteiger partial charge in [0.2, 0.25) is 5.95 Å². The fourth-order valence-corrected chi connectivity index (χ4v) is 2.84. The van der Waals surface area contributed by atoms with Gasteiger partial charge in [0.05, 0.1) is 6.20 Å². The molecule has 0 saturated heterocycles. The number of likely N-dealkylation sites (N-methyl/N-ethyl adjacent to an activating group) is 1. The molecule has 0 saturated carbocycles. The molecule has 0 fully saturated rings. The number of nitrogens with zero attached hydrogens (tertiary/aromatic N) is 3. The molecule has 2 aromatic rings. The summed E-state index contributed by atoms with van der Waals surface area (Å²) in [5.41, 5.74) is 0. The Morgan fingerprint density at radius 3 is 2.95 bits per heavy atom. The Morgan fingerprint density at radius 2 is 2.32 bits per heavy atom. The molecule has 102 valence electrons. The molecule has 0 bridgehead atoms. The van der Waals surface area contributed by atoms with E-state index in [1.807, 2.05) is 7.05 Å². The summed E-state index contributed by atoms with van der Waals surface area (Å²) in [6, 6.07) is 4.54. The third kappa shape index (κ3) is 3.36. The van der Waals surface area contributed by atoms with Crippen LogP contribution in [0.2, 0.25) is 5.02 Å². The number of hydrogen-bond donors (Lipinski definition) is 1. The van der Waals surface area contributed by atoms with E-state index in [4.69, 9.17) is 11.6 Å². The highest BCUT2D eigenvalue weighted by Crippen LogP contribution is 2.25. The maximum Gasteiger partial charge on any atom is 0.224 e. The zero-order valence-corrected chi connectivity index (χ0v) is 12.8. The quantitative estimate of drug-likeness (QED) is 0.919. The highest BCUT2D eigenvalue weighted by atomic mass is 35.5. The van der Waals surface area contributed by atoms with E-state index >= 15 is 0 Å². The van der Waals surface area contributed by atoms with Crippen LogP contribution in [0.3, 0.4) is 0 Å². The van der Waals surface area contributed by atoms with Gasteiger partial charge in [-0.2, -0.15) is 4.98 Å². The number of rotatable bonds is 5. The molecule has 1 atom stereocenters. The fourth-order valence-electron chi connectivity index (χ4n) is 1.79. The second kappa shape index (κ2) is 6.21. The molecule has 0 radical (unpaired) electrons. The fraction of sp³-hybridized carbons (Fsp3) is 0.385. The molecular formula is C13H17ClN4S. The van der Waals surface area contributed by atoms with Crippen LogP contribution in [0, 0.1) is 0 Å². The molecule has 0 aliphatic carbocycles. The minimum Gasteiger partial charge on any atom is -0.357 e. The lowest BCUT2D eigenvalue weighted by Crippen LogP contribution is -2.31. The van der Waals surface area contributed by atoms with E-state index in [1.165, 1.54) is 4.88 Å². The minimum atomic E-state index is 0.316. The molecule has 0 aliphatic heterocycles. The van der Waals surface area contributed by atoms with Crippen molar-refractivity contribution < 1.29 is 0 Å². The molecule has 0 spiro atoms. The van der Waals surface area contributed by atoms with E-state index in [9.17, 15) is 0 Å². The summed E-state index contributed by atoms with van der Waals surface area (Å²) in [4.78, 5) is 12.0. The number of nitrogens with one attached hydrogen (secondary N) is 1. The SMILES string of the molecule is CNc1ncc(Cl)c(N(C)C(C)Cc2cccs2)n1. The summed E-state index contributed by atoms with van der Waals surface area (Å²) in [7, 11) is 3.80. The summed E-state index contributed by atoms with van der Waals surface area (Å²) in [6.07, 6.45) is 2.60. The van der Waals surface area contributed by atoms with Crippen molar-refractivity contribution in [3.8, 4) is 0 Å². The van der Waals surface area contributed by atoms with Crippen LogP contribution in [-0.4, -0.2) is 30.1 Å². The molecule has 1 unspecified atom stereocenters. The lowest BCUT2D eigenvalue weighted by Gasteiger charge is -2.26. The lowest BCUT2D eigenvalue weighted by molar-refractivity contribution is 0.680. The van der Waals surface area contributed by atoms with Crippen molar-refractivity contribution in [3.63, 3.8) is 0 Å². The van der Waals surface area contributed by atoms with Crippen LogP contribution in [0.5, 0.6) is 0 Å². The summed E-state index contributed by atoms with van der Waals surface area (Å²) in [6.45, 7) is 2.16. The highest BCUT2D eigenvalue weighted by molar-refractivity contribution is 7.09.